The topological polar surface area (TPSA) is 52.6 Å². The van der Waals surface area contributed by atoms with Crippen molar-refractivity contribution in [3.05, 3.63) is 47.8 Å². The van der Waals surface area contributed by atoms with Crippen LogP contribution in [0.25, 0.3) is 0 Å². The number of carbonyl (C=O) groups is 1. The van der Waals surface area contributed by atoms with E-state index in [0.717, 1.165) is 24.6 Å². The first-order chi connectivity index (χ1) is 14.2. The molecular weight excluding hydrogens is 369 g/mol. The number of hydrogen-bond acceptors (Lipinski definition) is 5. The van der Waals surface area contributed by atoms with Crippen LogP contribution < -0.4 is 9.80 Å². The van der Waals surface area contributed by atoms with Gasteiger partial charge < -0.3 is 14.7 Å². The van der Waals surface area contributed by atoms with Crippen LogP contribution in [0.1, 0.15) is 43.0 Å². The molecule has 2 aliphatic rings. The van der Waals surface area contributed by atoms with Crippen molar-refractivity contribution in [2.45, 2.75) is 38.6 Å². The first kappa shape index (κ1) is 19.6. The number of carbonyl (C=O) groups excluding carboxylic acids is 1. The zero-order chi connectivity index (χ0) is 20.2. The van der Waals surface area contributed by atoms with E-state index in [-0.39, 0.29) is 11.7 Å². The van der Waals surface area contributed by atoms with E-state index in [1.807, 2.05) is 6.07 Å². The number of benzene rings is 1. The molecule has 0 spiro atoms. The van der Waals surface area contributed by atoms with Crippen molar-refractivity contribution < 1.29 is 9.18 Å². The summed E-state index contributed by atoms with van der Waals surface area (Å²) in [6.07, 6.45) is 4.85. The maximum absolute atomic E-state index is 13.4. The largest absolute Gasteiger partial charge is 0.352 e. The van der Waals surface area contributed by atoms with Gasteiger partial charge in [-0.3, -0.25) is 4.79 Å². The maximum Gasteiger partial charge on any atom is 0.254 e. The molecule has 154 valence electrons. The quantitative estimate of drug-likeness (QED) is 0.792. The van der Waals surface area contributed by atoms with Gasteiger partial charge >= 0.3 is 0 Å². The van der Waals surface area contributed by atoms with Crippen molar-refractivity contribution in [1.82, 2.24) is 15.1 Å². The van der Waals surface area contributed by atoms with Gasteiger partial charge in [-0.15, -0.1) is 10.2 Å². The lowest BCUT2D eigenvalue weighted by Crippen LogP contribution is -2.49. The van der Waals surface area contributed by atoms with Crippen molar-refractivity contribution in [1.29, 1.82) is 0 Å². The van der Waals surface area contributed by atoms with Gasteiger partial charge in [0.05, 0.1) is 0 Å². The summed E-state index contributed by atoms with van der Waals surface area (Å²) in [4.78, 5) is 18.9. The van der Waals surface area contributed by atoms with E-state index in [0.29, 0.717) is 37.8 Å². The van der Waals surface area contributed by atoms with Crippen LogP contribution in [0, 0.1) is 5.82 Å². The molecule has 1 aromatic carbocycles. The molecule has 2 saturated heterocycles. The molecule has 3 heterocycles. The number of hydrogen-bond donors (Lipinski definition) is 0. The fourth-order valence-corrected chi connectivity index (χ4v) is 4.31. The third-order valence-corrected chi connectivity index (χ3v) is 5.99. The minimum atomic E-state index is -0.385. The maximum atomic E-state index is 13.4. The van der Waals surface area contributed by atoms with E-state index in [1.165, 1.54) is 31.4 Å². The molecule has 0 aliphatic carbocycles. The Hall–Kier alpha value is -2.70. The number of nitrogens with zero attached hydrogens (tertiary/aromatic N) is 5. The highest BCUT2D eigenvalue weighted by molar-refractivity contribution is 5.94. The molecule has 1 atom stereocenters. The van der Waals surface area contributed by atoms with Crippen LogP contribution in [0.4, 0.5) is 16.0 Å². The molecule has 7 heteroatoms. The average Bonchev–Trinajstić information content (AvgIpc) is 2.79. The molecule has 1 aromatic heterocycles. The summed E-state index contributed by atoms with van der Waals surface area (Å²) < 4.78 is 13.4. The Kier molecular flexibility index (Phi) is 5.92. The summed E-state index contributed by atoms with van der Waals surface area (Å²) >= 11 is 0. The minimum absolute atomic E-state index is 0.124. The predicted molar refractivity (Wildman–Crippen MR) is 112 cm³/mol. The Balaban J connectivity index is 1.37. The minimum Gasteiger partial charge on any atom is -0.352 e. The van der Waals surface area contributed by atoms with Crippen LogP contribution in [0.2, 0.25) is 0 Å². The Bertz CT molecular complexity index is 835. The van der Waals surface area contributed by atoms with E-state index in [2.05, 4.69) is 33.0 Å². The van der Waals surface area contributed by atoms with Gasteiger partial charge in [-0.25, -0.2) is 4.39 Å². The van der Waals surface area contributed by atoms with E-state index in [4.69, 9.17) is 0 Å². The second-order valence-electron chi connectivity index (χ2n) is 7.79. The number of halogens is 1. The van der Waals surface area contributed by atoms with Crippen molar-refractivity contribution in [3.8, 4) is 0 Å². The van der Waals surface area contributed by atoms with E-state index in [1.54, 1.807) is 17.0 Å². The Morgan fingerprint density at radius 2 is 1.79 bits per heavy atom. The van der Waals surface area contributed by atoms with Crippen LogP contribution in [0.5, 0.6) is 0 Å². The molecule has 2 fully saturated rings. The summed E-state index contributed by atoms with van der Waals surface area (Å²) in [5.74, 6) is 1.29. The number of aromatic nitrogens is 2. The van der Waals surface area contributed by atoms with Gasteiger partial charge in [0.2, 0.25) is 0 Å². The molecule has 0 bridgehead atoms. The van der Waals surface area contributed by atoms with Crippen LogP contribution in [0.15, 0.2) is 36.4 Å². The van der Waals surface area contributed by atoms with Crippen molar-refractivity contribution in [3.63, 3.8) is 0 Å². The smallest absolute Gasteiger partial charge is 0.254 e. The number of piperidine rings is 1. The fourth-order valence-electron chi connectivity index (χ4n) is 4.31. The lowest BCUT2D eigenvalue weighted by molar-refractivity contribution is 0.0746. The van der Waals surface area contributed by atoms with E-state index >= 15 is 0 Å². The fraction of sp³-hybridized carbons (Fsp3) is 0.500. The normalized spacial score (nSPS) is 20.1. The summed E-state index contributed by atoms with van der Waals surface area (Å²) in [5.41, 5.74) is 0.398. The Morgan fingerprint density at radius 3 is 2.48 bits per heavy atom. The molecule has 1 amide bonds. The molecular formula is C22H28FN5O. The van der Waals surface area contributed by atoms with Gasteiger partial charge in [0.25, 0.3) is 5.91 Å². The molecule has 2 aliphatic heterocycles. The summed E-state index contributed by atoms with van der Waals surface area (Å²) in [6.45, 7) is 5.83. The highest BCUT2D eigenvalue weighted by Gasteiger charge is 2.25. The van der Waals surface area contributed by atoms with Gasteiger partial charge in [0, 0.05) is 44.3 Å². The van der Waals surface area contributed by atoms with Crippen LogP contribution >= 0.6 is 0 Å². The molecule has 0 radical (unpaired) electrons. The summed E-state index contributed by atoms with van der Waals surface area (Å²) in [7, 11) is 0. The molecule has 4 rings (SSSR count). The summed E-state index contributed by atoms with van der Waals surface area (Å²) in [5, 5.41) is 8.97. The van der Waals surface area contributed by atoms with Crippen LogP contribution in [-0.2, 0) is 0 Å². The van der Waals surface area contributed by atoms with Gasteiger partial charge in [-0.1, -0.05) is 13.0 Å². The highest BCUT2D eigenvalue weighted by atomic mass is 19.1. The lowest BCUT2D eigenvalue weighted by Gasteiger charge is -2.37. The van der Waals surface area contributed by atoms with Crippen molar-refractivity contribution >= 4 is 17.5 Å². The van der Waals surface area contributed by atoms with Crippen molar-refractivity contribution in [2.75, 3.05) is 42.5 Å². The Morgan fingerprint density at radius 1 is 1.03 bits per heavy atom. The third-order valence-electron chi connectivity index (χ3n) is 5.99. The predicted octanol–water partition coefficient (Wildman–Crippen LogP) is 3.35. The molecule has 0 saturated carbocycles. The first-order valence-corrected chi connectivity index (χ1v) is 10.6. The van der Waals surface area contributed by atoms with Gasteiger partial charge in [0.1, 0.15) is 5.82 Å². The zero-order valence-electron chi connectivity index (χ0n) is 16.9. The van der Waals surface area contributed by atoms with Crippen molar-refractivity contribution in [2.24, 2.45) is 0 Å². The number of anilines is 2. The molecule has 6 nitrogen and oxygen atoms in total. The lowest BCUT2D eigenvalue weighted by atomic mass is 10.0. The second kappa shape index (κ2) is 8.76. The average molecular weight is 397 g/mol. The molecule has 29 heavy (non-hydrogen) atoms. The van der Waals surface area contributed by atoms with E-state index < -0.39 is 0 Å². The number of rotatable bonds is 4. The third kappa shape index (κ3) is 4.33. The first-order valence-electron chi connectivity index (χ1n) is 10.6. The van der Waals surface area contributed by atoms with E-state index in [9.17, 15) is 9.18 Å². The SMILES string of the molecule is CCC1CCCCN1c1ccc(N2CCN(C(=O)c3cccc(F)c3)CC2)nn1. The number of amides is 1. The molecule has 0 N–H and O–H groups in total. The van der Waals surface area contributed by atoms with Crippen LogP contribution in [0.3, 0.4) is 0 Å². The number of piperazine rings is 1. The standard InChI is InChI=1S/C22H28FN5O/c1-2-19-8-3-4-11-28(19)21-10-9-20(24-25-21)26-12-14-27(15-13-26)22(29)17-6-5-7-18(23)16-17/h5-7,9-10,16,19H,2-4,8,11-15H2,1H3. The Labute approximate surface area is 171 Å². The second-order valence-corrected chi connectivity index (χ2v) is 7.79. The monoisotopic (exact) mass is 397 g/mol. The zero-order valence-corrected chi connectivity index (χ0v) is 16.9. The summed E-state index contributed by atoms with van der Waals surface area (Å²) in [6, 6.07) is 10.5. The molecule has 1 unspecified atom stereocenters. The van der Waals surface area contributed by atoms with Gasteiger partial charge in [0.15, 0.2) is 11.6 Å². The van der Waals surface area contributed by atoms with Gasteiger partial charge in [-0.2, -0.15) is 0 Å². The van der Waals surface area contributed by atoms with Crippen LogP contribution in [-0.4, -0.2) is 59.8 Å². The van der Waals surface area contributed by atoms with Gasteiger partial charge in [-0.05, 0) is 56.0 Å². The highest BCUT2D eigenvalue weighted by Crippen LogP contribution is 2.25. The molecule has 2 aromatic rings.